The maximum Gasteiger partial charge on any atom is 0.317 e. The lowest BCUT2D eigenvalue weighted by atomic mass is 10.2. The first-order chi connectivity index (χ1) is 8.27. The number of carbonyl (C=O) groups is 1. The molecule has 5 heteroatoms. The average molecular weight is 243 g/mol. The van der Waals surface area contributed by atoms with E-state index in [0.717, 1.165) is 32.4 Å². The Morgan fingerprint density at radius 1 is 1.59 bits per heavy atom. The molecule has 1 saturated heterocycles. The van der Waals surface area contributed by atoms with Crippen molar-refractivity contribution >= 4 is 6.03 Å². The molecule has 0 aliphatic carbocycles. The molecule has 0 aromatic heterocycles. The summed E-state index contributed by atoms with van der Waals surface area (Å²) in [7, 11) is 0. The third-order valence-electron chi connectivity index (χ3n) is 3.07. The van der Waals surface area contributed by atoms with Gasteiger partial charge in [0.1, 0.15) is 0 Å². The highest BCUT2D eigenvalue weighted by atomic mass is 16.3. The number of urea groups is 1. The molecule has 0 spiro atoms. The fourth-order valence-corrected chi connectivity index (χ4v) is 2.06. The van der Waals surface area contributed by atoms with E-state index in [9.17, 15) is 4.79 Å². The molecule has 5 nitrogen and oxygen atoms in total. The summed E-state index contributed by atoms with van der Waals surface area (Å²) in [6.45, 7) is 4.98. The number of hydrogen-bond donors (Lipinski definition) is 3. The standard InChI is InChI=1S/C12H25N3O2/c1-2-3-6-14-12(17)15(8-9-16)10-11-5-4-7-13-11/h11,13,16H,2-10H2,1H3,(H,14,17). The SMILES string of the molecule is CCCCNC(=O)N(CCO)CC1CCCN1. The Kier molecular flexibility index (Phi) is 6.96. The van der Waals surface area contributed by atoms with Crippen LogP contribution in [0.2, 0.25) is 0 Å². The van der Waals surface area contributed by atoms with Gasteiger partial charge in [-0.25, -0.2) is 4.79 Å². The summed E-state index contributed by atoms with van der Waals surface area (Å²) in [5.74, 6) is 0. The summed E-state index contributed by atoms with van der Waals surface area (Å²) in [6.07, 6.45) is 4.37. The van der Waals surface area contributed by atoms with E-state index in [0.29, 0.717) is 19.1 Å². The van der Waals surface area contributed by atoms with Gasteiger partial charge in [0.15, 0.2) is 0 Å². The summed E-state index contributed by atoms with van der Waals surface area (Å²) in [5, 5.41) is 15.2. The van der Waals surface area contributed by atoms with Crippen molar-refractivity contribution in [2.24, 2.45) is 0 Å². The number of carbonyl (C=O) groups excluding carboxylic acids is 1. The summed E-state index contributed by atoms with van der Waals surface area (Å²) in [5.41, 5.74) is 0. The molecule has 0 aromatic carbocycles. The van der Waals surface area contributed by atoms with Crippen LogP contribution in [0.15, 0.2) is 0 Å². The molecule has 17 heavy (non-hydrogen) atoms. The van der Waals surface area contributed by atoms with E-state index in [1.165, 1.54) is 6.42 Å². The van der Waals surface area contributed by atoms with Crippen molar-refractivity contribution in [3.8, 4) is 0 Å². The van der Waals surface area contributed by atoms with Gasteiger partial charge in [0, 0.05) is 25.7 Å². The maximum absolute atomic E-state index is 11.9. The van der Waals surface area contributed by atoms with Crippen LogP contribution in [0.25, 0.3) is 0 Å². The quantitative estimate of drug-likeness (QED) is 0.572. The van der Waals surface area contributed by atoms with Gasteiger partial charge < -0.3 is 20.6 Å². The van der Waals surface area contributed by atoms with Crippen LogP contribution in [0.3, 0.4) is 0 Å². The average Bonchev–Trinajstić information content (AvgIpc) is 2.81. The highest BCUT2D eigenvalue weighted by molar-refractivity contribution is 5.74. The summed E-state index contributed by atoms with van der Waals surface area (Å²) < 4.78 is 0. The molecular weight excluding hydrogens is 218 g/mol. The molecule has 1 aliphatic heterocycles. The molecule has 0 aromatic rings. The number of unbranched alkanes of at least 4 members (excludes halogenated alkanes) is 1. The van der Waals surface area contributed by atoms with Crippen molar-refractivity contribution in [2.45, 2.75) is 38.6 Å². The zero-order valence-corrected chi connectivity index (χ0v) is 10.7. The van der Waals surface area contributed by atoms with E-state index in [1.54, 1.807) is 4.90 Å². The molecule has 0 saturated carbocycles. The highest BCUT2D eigenvalue weighted by Crippen LogP contribution is 2.07. The largest absolute Gasteiger partial charge is 0.395 e. The van der Waals surface area contributed by atoms with Gasteiger partial charge in [0.25, 0.3) is 0 Å². The van der Waals surface area contributed by atoms with Gasteiger partial charge in [-0.05, 0) is 25.8 Å². The van der Waals surface area contributed by atoms with Crippen LogP contribution in [0.4, 0.5) is 4.79 Å². The van der Waals surface area contributed by atoms with Crippen LogP contribution >= 0.6 is 0 Å². The molecule has 0 radical (unpaired) electrons. The maximum atomic E-state index is 11.9. The van der Waals surface area contributed by atoms with Crippen LogP contribution in [0.1, 0.15) is 32.6 Å². The zero-order valence-electron chi connectivity index (χ0n) is 10.7. The van der Waals surface area contributed by atoms with Crippen molar-refractivity contribution in [2.75, 3.05) is 32.8 Å². The first-order valence-electron chi connectivity index (χ1n) is 6.65. The van der Waals surface area contributed by atoms with Crippen LogP contribution in [-0.4, -0.2) is 54.9 Å². The third-order valence-corrected chi connectivity index (χ3v) is 3.07. The molecular formula is C12H25N3O2. The fraction of sp³-hybridized carbons (Fsp3) is 0.917. The van der Waals surface area contributed by atoms with Gasteiger partial charge in [-0.2, -0.15) is 0 Å². The molecule has 1 rings (SSSR count). The van der Waals surface area contributed by atoms with Crippen molar-refractivity contribution in [3.63, 3.8) is 0 Å². The van der Waals surface area contributed by atoms with E-state index in [-0.39, 0.29) is 12.6 Å². The molecule has 0 bridgehead atoms. The van der Waals surface area contributed by atoms with Gasteiger partial charge in [0.2, 0.25) is 0 Å². The van der Waals surface area contributed by atoms with Crippen molar-refractivity contribution in [1.82, 2.24) is 15.5 Å². The van der Waals surface area contributed by atoms with Gasteiger partial charge >= 0.3 is 6.03 Å². The second-order valence-corrected chi connectivity index (χ2v) is 4.55. The van der Waals surface area contributed by atoms with Gasteiger partial charge in [-0.1, -0.05) is 13.3 Å². The molecule has 1 unspecified atom stereocenters. The second kappa shape index (κ2) is 8.31. The number of amides is 2. The van der Waals surface area contributed by atoms with Crippen molar-refractivity contribution in [1.29, 1.82) is 0 Å². The molecule has 1 aliphatic rings. The normalized spacial score (nSPS) is 19.3. The predicted molar refractivity (Wildman–Crippen MR) is 68.0 cm³/mol. The first-order valence-corrected chi connectivity index (χ1v) is 6.65. The Morgan fingerprint density at radius 2 is 2.41 bits per heavy atom. The fourth-order valence-electron chi connectivity index (χ4n) is 2.06. The highest BCUT2D eigenvalue weighted by Gasteiger charge is 2.20. The minimum absolute atomic E-state index is 0.0217. The Labute approximate surface area is 104 Å². The van der Waals surface area contributed by atoms with Crippen LogP contribution in [0, 0.1) is 0 Å². The minimum Gasteiger partial charge on any atom is -0.395 e. The molecule has 1 fully saturated rings. The van der Waals surface area contributed by atoms with E-state index >= 15 is 0 Å². The lowest BCUT2D eigenvalue weighted by Gasteiger charge is -2.25. The molecule has 1 heterocycles. The molecule has 1 atom stereocenters. The molecule has 2 amide bonds. The lowest BCUT2D eigenvalue weighted by molar-refractivity contribution is 0.171. The number of nitrogens with one attached hydrogen (secondary N) is 2. The van der Waals surface area contributed by atoms with Gasteiger partial charge in [-0.3, -0.25) is 0 Å². The topological polar surface area (TPSA) is 64.6 Å². The zero-order chi connectivity index (χ0) is 12.5. The summed E-state index contributed by atoms with van der Waals surface area (Å²) in [4.78, 5) is 13.6. The Balaban J connectivity index is 2.31. The second-order valence-electron chi connectivity index (χ2n) is 4.55. The lowest BCUT2D eigenvalue weighted by Crippen LogP contribution is -2.47. The van der Waals surface area contributed by atoms with E-state index in [4.69, 9.17) is 5.11 Å². The van der Waals surface area contributed by atoms with Crippen LogP contribution in [0.5, 0.6) is 0 Å². The number of rotatable bonds is 7. The van der Waals surface area contributed by atoms with Crippen LogP contribution in [-0.2, 0) is 0 Å². The monoisotopic (exact) mass is 243 g/mol. The number of aliphatic hydroxyl groups is 1. The Bertz CT molecular complexity index is 218. The number of nitrogens with zero attached hydrogens (tertiary/aromatic N) is 1. The number of aliphatic hydroxyl groups excluding tert-OH is 1. The van der Waals surface area contributed by atoms with E-state index < -0.39 is 0 Å². The predicted octanol–water partition coefficient (Wildman–Crippen LogP) is 0.542. The third kappa shape index (κ3) is 5.37. The molecule has 100 valence electrons. The van der Waals surface area contributed by atoms with Crippen molar-refractivity contribution < 1.29 is 9.90 Å². The summed E-state index contributed by atoms with van der Waals surface area (Å²) in [6, 6.07) is 0.333. The first kappa shape index (κ1) is 14.3. The minimum atomic E-state index is -0.0544. The van der Waals surface area contributed by atoms with Crippen molar-refractivity contribution in [3.05, 3.63) is 0 Å². The van der Waals surface area contributed by atoms with E-state index in [2.05, 4.69) is 17.6 Å². The molecule has 3 N–H and O–H groups in total. The van der Waals surface area contributed by atoms with Crippen LogP contribution < -0.4 is 10.6 Å². The van der Waals surface area contributed by atoms with Gasteiger partial charge in [0.05, 0.1) is 6.61 Å². The number of hydrogen-bond acceptors (Lipinski definition) is 3. The van der Waals surface area contributed by atoms with E-state index in [1.807, 2.05) is 0 Å². The summed E-state index contributed by atoms with van der Waals surface area (Å²) >= 11 is 0. The Hall–Kier alpha value is -0.810. The Morgan fingerprint density at radius 3 is 3.00 bits per heavy atom. The smallest absolute Gasteiger partial charge is 0.317 e. The van der Waals surface area contributed by atoms with Gasteiger partial charge in [-0.15, -0.1) is 0 Å².